The Balaban J connectivity index is 2.20. The molecule has 0 unspecified atom stereocenters. The molecule has 70 valence electrons. The number of aryl methyl sites for hydroxylation is 1. The van der Waals surface area contributed by atoms with Gasteiger partial charge in [0.1, 0.15) is 0 Å². The zero-order valence-corrected chi connectivity index (χ0v) is 7.48. The van der Waals surface area contributed by atoms with Crippen molar-refractivity contribution in [2.75, 3.05) is 0 Å². The Hall–Kier alpha value is -0.860. The molecule has 1 atom stereocenters. The molecule has 1 aromatic rings. The van der Waals surface area contributed by atoms with Gasteiger partial charge in [-0.2, -0.15) is 0 Å². The van der Waals surface area contributed by atoms with Gasteiger partial charge in [0, 0.05) is 5.92 Å². The highest BCUT2D eigenvalue weighted by molar-refractivity contribution is 5.29. The lowest BCUT2D eigenvalue weighted by molar-refractivity contribution is -0.0868. The van der Waals surface area contributed by atoms with Gasteiger partial charge in [-0.05, 0) is 30.4 Å². The van der Waals surface area contributed by atoms with Crippen molar-refractivity contribution in [2.45, 2.75) is 25.6 Å². The SMILES string of the molecule is OC(O)[C@@H]1CCc2ccccc2C1. The molecule has 0 bridgehead atoms. The summed E-state index contributed by atoms with van der Waals surface area (Å²) < 4.78 is 0. The molecule has 0 saturated carbocycles. The number of benzene rings is 1. The van der Waals surface area contributed by atoms with Crippen LogP contribution in [0, 0.1) is 5.92 Å². The van der Waals surface area contributed by atoms with E-state index >= 15 is 0 Å². The largest absolute Gasteiger partial charge is 0.368 e. The van der Waals surface area contributed by atoms with E-state index in [9.17, 15) is 0 Å². The lowest BCUT2D eigenvalue weighted by atomic mass is 9.84. The Labute approximate surface area is 77.8 Å². The number of hydrogen-bond acceptors (Lipinski definition) is 2. The molecule has 1 aromatic carbocycles. The van der Waals surface area contributed by atoms with Crippen LogP contribution in [0.3, 0.4) is 0 Å². The Morgan fingerprint density at radius 1 is 1.15 bits per heavy atom. The molecule has 2 heteroatoms. The van der Waals surface area contributed by atoms with E-state index < -0.39 is 6.29 Å². The second-order valence-electron chi connectivity index (χ2n) is 3.69. The van der Waals surface area contributed by atoms with E-state index in [4.69, 9.17) is 10.2 Å². The summed E-state index contributed by atoms with van der Waals surface area (Å²) in [5, 5.41) is 18.1. The van der Waals surface area contributed by atoms with Crippen molar-refractivity contribution in [3.8, 4) is 0 Å². The van der Waals surface area contributed by atoms with Crippen LogP contribution in [-0.2, 0) is 12.8 Å². The molecule has 0 aliphatic heterocycles. The van der Waals surface area contributed by atoms with Gasteiger partial charge in [-0.25, -0.2) is 0 Å². The average Bonchev–Trinajstić information content (AvgIpc) is 2.17. The third kappa shape index (κ3) is 1.74. The Morgan fingerprint density at radius 2 is 1.85 bits per heavy atom. The molecule has 0 aromatic heterocycles. The number of rotatable bonds is 1. The molecule has 0 heterocycles. The summed E-state index contributed by atoms with van der Waals surface area (Å²) in [5.74, 6) is 0.0231. The van der Waals surface area contributed by atoms with Crippen molar-refractivity contribution in [1.82, 2.24) is 0 Å². The first kappa shape index (κ1) is 8.73. The predicted octanol–water partition coefficient (Wildman–Crippen LogP) is 1.10. The van der Waals surface area contributed by atoms with Gasteiger partial charge in [0.15, 0.2) is 6.29 Å². The van der Waals surface area contributed by atoms with Gasteiger partial charge < -0.3 is 10.2 Å². The molecular formula is C11H14O2. The number of fused-ring (bicyclic) bond motifs is 1. The first-order chi connectivity index (χ1) is 6.27. The van der Waals surface area contributed by atoms with Gasteiger partial charge in [0.05, 0.1) is 0 Å². The third-order valence-electron chi connectivity index (χ3n) is 2.81. The fourth-order valence-corrected chi connectivity index (χ4v) is 1.98. The normalized spacial score (nSPS) is 21.6. The van der Waals surface area contributed by atoms with Gasteiger partial charge in [-0.15, -0.1) is 0 Å². The van der Waals surface area contributed by atoms with Crippen LogP contribution in [0.5, 0.6) is 0 Å². The first-order valence-corrected chi connectivity index (χ1v) is 4.70. The highest BCUT2D eigenvalue weighted by atomic mass is 16.5. The molecule has 0 saturated heterocycles. The van der Waals surface area contributed by atoms with Crippen molar-refractivity contribution in [3.05, 3.63) is 35.4 Å². The van der Waals surface area contributed by atoms with E-state index in [1.807, 2.05) is 12.1 Å². The second kappa shape index (κ2) is 3.48. The van der Waals surface area contributed by atoms with E-state index in [0.29, 0.717) is 0 Å². The molecule has 0 radical (unpaired) electrons. The average molecular weight is 178 g/mol. The summed E-state index contributed by atoms with van der Waals surface area (Å²) >= 11 is 0. The highest BCUT2D eigenvalue weighted by Gasteiger charge is 2.22. The molecule has 2 N–H and O–H groups in total. The Morgan fingerprint density at radius 3 is 2.54 bits per heavy atom. The fourth-order valence-electron chi connectivity index (χ4n) is 1.98. The number of aliphatic hydroxyl groups excluding tert-OH is 1. The van der Waals surface area contributed by atoms with Crippen molar-refractivity contribution in [3.63, 3.8) is 0 Å². The van der Waals surface area contributed by atoms with Crippen molar-refractivity contribution in [2.24, 2.45) is 5.92 Å². The second-order valence-corrected chi connectivity index (χ2v) is 3.69. The van der Waals surface area contributed by atoms with Crippen LogP contribution in [0.1, 0.15) is 17.5 Å². The summed E-state index contributed by atoms with van der Waals surface area (Å²) in [4.78, 5) is 0. The van der Waals surface area contributed by atoms with Gasteiger partial charge >= 0.3 is 0 Å². The summed E-state index contributed by atoms with van der Waals surface area (Å²) in [6, 6.07) is 8.23. The molecule has 13 heavy (non-hydrogen) atoms. The Bertz CT molecular complexity index is 294. The molecule has 1 aliphatic rings. The van der Waals surface area contributed by atoms with Crippen molar-refractivity contribution in [1.29, 1.82) is 0 Å². The standard InChI is InChI=1S/C11H14O2/c12-11(13)10-6-5-8-3-1-2-4-9(8)7-10/h1-4,10-13H,5-7H2/t10-/m1/s1. The minimum absolute atomic E-state index is 0.0231. The van der Waals surface area contributed by atoms with Gasteiger partial charge in [0.25, 0.3) is 0 Å². The van der Waals surface area contributed by atoms with Gasteiger partial charge in [-0.3, -0.25) is 0 Å². The van der Waals surface area contributed by atoms with Crippen LogP contribution in [0.4, 0.5) is 0 Å². The van der Waals surface area contributed by atoms with Crippen LogP contribution in [0.25, 0.3) is 0 Å². The maximum atomic E-state index is 9.06. The van der Waals surface area contributed by atoms with E-state index in [2.05, 4.69) is 12.1 Å². The number of hydrogen-bond donors (Lipinski definition) is 2. The molecule has 0 spiro atoms. The van der Waals surface area contributed by atoms with Gasteiger partial charge in [0.2, 0.25) is 0 Å². The first-order valence-electron chi connectivity index (χ1n) is 4.70. The molecule has 0 amide bonds. The van der Waals surface area contributed by atoms with E-state index in [1.54, 1.807) is 0 Å². The summed E-state index contributed by atoms with van der Waals surface area (Å²) in [6.07, 6.45) is 1.49. The monoisotopic (exact) mass is 178 g/mol. The van der Waals surface area contributed by atoms with Crippen LogP contribution in [0.15, 0.2) is 24.3 Å². The maximum Gasteiger partial charge on any atom is 0.154 e. The minimum atomic E-state index is -1.16. The zero-order valence-electron chi connectivity index (χ0n) is 7.48. The van der Waals surface area contributed by atoms with E-state index in [1.165, 1.54) is 11.1 Å². The highest BCUT2D eigenvalue weighted by Crippen LogP contribution is 2.26. The lowest BCUT2D eigenvalue weighted by Crippen LogP contribution is -2.26. The quantitative estimate of drug-likeness (QED) is 0.632. The predicted molar refractivity (Wildman–Crippen MR) is 50.2 cm³/mol. The zero-order chi connectivity index (χ0) is 9.26. The smallest absolute Gasteiger partial charge is 0.154 e. The number of aliphatic hydroxyl groups is 2. The lowest BCUT2D eigenvalue weighted by Gasteiger charge is -2.25. The fraction of sp³-hybridized carbons (Fsp3) is 0.455. The van der Waals surface area contributed by atoms with Crippen LogP contribution in [-0.4, -0.2) is 16.5 Å². The molecule has 0 fully saturated rings. The van der Waals surface area contributed by atoms with Crippen LogP contribution < -0.4 is 0 Å². The molecule has 2 rings (SSSR count). The van der Waals surface area contributed by atoms with Crippen LogP contribution >= 0.6 is 0 Å². The van der Waals surface area contributed by atoms with Crippen molar-refractivity contribution >= 4 is 0 Å². The molecule has 1 aliphatic carbocycles. The summed E-state index contributed by atoms with van der Waals surface area (Å²) in [5.41, 5.74) is 2.63. The minimum Gasteiger partial charge on any atom is -0.368 e. The van der Waals surface area contributed by atoms with Gasteiger partial charge in [-0.1, -0.05) is 24.3 Å². The third-order valence-corrected chi connectivity index (χ3v) is 2.81. The van der Waals surface area contributed by atoms with E-state index in [-0.39, 0.29) is 5.92 Å². The summed E-state index contributed by atoms with van der Waals surface area (Å²) in [6.45, 7) is 0. The van der Waals surface area contributed by atoms with E-state index in [0.717, 1.165) is 19.3 Å². The summed E-state index contributed by atoms with van der Waals surface area (Å²) in [7, 11) is 0. The maximum absolute atomic E-state index is 9.06. The van der Waals surface area contributed by atoms with Crippen LogP contribution in [0.2, 0.25) is 0 Å². The molecule has 2 nitrogen and oxygen atoms in total. The Kier molecular flexibility index (Phi) is 2.34. The van der Waals surface area contributed by atoms with Crippen molar-refractivity contribution < 1.29 is 10.2 Å². The molecular weight excluding hydrogens is 164 g/mol. The topological polar surface area (TPSA) is 40.5 Å².